The minimum atomic E-state index is 0.182. The maximum Gasteiger partial charge on any atom is 0.264 e. The van der Waals surface area contributed by atoms with Crippen molar-refractivity contribution in [3.63, 3.8) is 0 Å². The third-order valence-electron chi connectivity index (χ3n) is 5.61. The number of aryl methyl sites for hydroxylation is 1. The molecule has 2 atom stereocenters. The molecule has 1 aliphatic carbocycles. The van der Waals surface area contributed by atoms with Crippen LogP contribution in [0, 0.1) is 12.8 Å². The molecule has 0 radical (unpaired) electrons. The first-order valence-electron chi connectivity index (χ1n) is 8.91. The summed E-state index contributed by atoms with van der Waals surface area (Å²) in [6.07, 6.45) is 5.75. The Morgan fingerprint density at radius 2 is 2.17 bits per heavy atom. The molecule has 0 aromatic carbocycles. The summed E-state index contributed by atoms with van der Waals surface area (Å²) in [6, 6.07) is 2.40. The monoisotopic (exact) mass is 334 g/mol. The Morgan fingerprint density at radius 1 is 1.35 bits per heavy atom. The summed E-state index contributed by atoms with van der Waals surface area (Å²) in [5, 5.41) is 2.05. The molecule has 3 heterocycles. The van der Waals surface area contributed by atoms with Crippen molar-refractivity contribution < 1.29 is 9.53 Å². The molecule has 0 bridgehead atoms. The van der Waals surface area contributed by atoms with Gasteiger partial charge in [-0.2, -0.15) is 0 Å². The van der Waals surface area contributed by atoms with Gasteiger partial charge in [0.05, 0.1) is 23.6 Å². The molecule has 1 aromatic heterocycles. The first-order valence-corrected chi connectivity index (χ1v) is 9.79. The fourth-order valence-corrected chi connectivity index (χ4v) is 5.24. The Balaban J connectivity index is 1.42. The number of thiophene rings is 1. The topological polar surface area (TPSA) is 32.8 Å². The van der Waals surface area contributed by atoms with Gasteiger partial charge in [0.2, 0.25) is 0 Å². The van der Waals surface area contributed by atoms with Gasteiger partial charge in [-0.1, -0.05) is 12.8 Å². The van der Waals surface area contributed by atoms with Crippen molar-refractivity contribution in [2.45, 2.75) is 44.8 Å². The predicted molar refractivity (Wildman–Crippen MR) is 92.0 cm³/mol. The van der Waals surface area contributed by atoms with Gasteiger partial charge >= 0.3 is 0 Å². The van der Waals surface area contributed by atoms with E-state index >= 15 is 0 Å². The summed E-state index contributed by atoms with van der Waals surface area (Å²) in [7, 11) is 0. The molecule has 23 heavy (non-hydrogen) atoms. The Labute approximate surface area is 142 Å². The minimum Gasteiger partial charge on any atom is -0.373 e. The first-order chi connectivity index (χ1) is 11.2. The second-order valence-electron chi connectivity index (χ2n) is 7.32. The fraction of sp³-hybridized carbons (Fsp3) is 0.722. The largest absolute Gasteiger partial charge is 0.373 e. The van der Waals surface area contributed by atoms with Crippen LogP contribution >= 0.6 is 11.3 Å². The molecule has 0 unspecified atom stereocenters. The Bertz CT molecular complexity index is 567. The van der Waals surface area contributed by atoms with E-state index < -0.39 is 0 Å². The molecule has 126 valence electrons. The molecule has 0 spiro atoms. The zero-order chi connectivity index (χ0) is 15.8. The average molecular weight is 334 g/mol. The van der Waals surface area contributed by atoms with Crippen molar-refractivity contribution in [3.8, 4) is 0 Å². The van der Waals surface area contributed by atoms with Crippen LogP contribution in [-0.2, 0) is 4.74 Å². The summed E-state index contributed by atoms with van der Waals surface area (Å²) in [5.74, 6) is 1.04. The van der Waals surface area contributed by atoms with E-state index in [9.17, 15) is 4.79 Å². The number of hydrogen-bond donors (Lipinski definition) is 0. The maximum atomic E-state index is 12.7. The smallest absolute Gasteiger partial charge is 0.264 e. The lowest BCUT2D eigenvalue weighted by Crippen LogP contribution is -2.52. The lowest BCUT2D eigenvalue weighted by Gasteiger charge is -2.38. The summed E-state index contributed by atoms with van der Waals surface area (Å²) in [5.41, 5.74) is 1.18. The number of ether oxygens (including phenoxy) is 1. The number of carbonyl (C=O) groups excluding carboxylic acids is 1. The van der Waals surface area contributed by atoms with Gasteiger partial charge in [-0.3, -0.25) is 9.69 Å². The third-order valence-corrected chi connectivity index (χ3v) is 6.65. The van der Waals surface area contributed by atoms with Gasteiger partial charge in [-0.05, 0) is 42.7 Å². The van der Waals surface area contributed by atoms with Crippen molar-refractivity contribution in [2.24, 2.45) is 5.92 Å². The number of fused-ring (bicyclic) bond motifs is 1. The van der Waals surface area contributed by atoms with Crippen LogP contribution in [-0.4, -0.2) is 60.6 Å². The highest BCUT2D eigenvalue weighted by Crippen LogP contribution is 2.30. The first kappa shape index (κ1) is 15.6. The predicted octanol–water partition coefficient (Wildman–Crippen LogP) is 2.77. The van der Waals surface area contributed by atoms with Crippen LogP contribution in [0.3, 0.4) is 0 Å². The van der Waals surface area contributed by atoms with Gasteiger partial charge in [0.25, 0.3) is 5.91 Å². The molecule has 4 rings (SSSR count). The summed E-state index contributed by atoms with van der Waals surface area (Å²) >= 11 is 1.56. The Hall–Kier alpha value is -0.910. The highest BCUT2D eigenvalue weighted by Gasteiger charge is 2.42. The second kappa shape index (κ2) is 6.54. The van der Waals surface area contributed by atoms with E-state index in [1.54, 1.807) is 11.3 Å². The van der Waals surface area contributed by atoms with E-state index in [1.165, 1.54) is 37.8 Å². The van der Waals surface area contributed by atoms with E-state index in [-0.39, 0.29) is 12.0 Å². The van der Waals surface area contributed by atoms with Crippen molar-refractivity contribution in [1.82, 2.24) is 9.80 Å². The summed E-state index contributed by atoms with van der Waals surface area (Å²) < 4.78 is 5.99. The molecular weight excluding hydrogens is 308 g/mol. The quantitative estimate of drug-likeness (QED) is 0.852. The lowest BCUT2D eigenvalue weighted by atomic mass is 10.0. The van der Waals surface area contributed by atoms with Crippen molar-refractivity contribution in [1.29, 1.82) is 0 Å². The van der Waals surface area contributed by atoms with Crippen molar-refractivity contribution >= 4 is 17.2 Å². The van der Waals surface area contributed by atoms with Crippen LogP contribution < -0.4 is 0 Å². The van der Waals surface area contributed by atoms with E-state index in [4.69, 9.17) is 4.74 Å². The van der Waals surface area contributed by atoms with Crippen LogP contribution in [0.2, 0.25) is 0 Å². The van der Waals surface area contributed by atoms with E-state index in [0.717, 1.165) is 37.0 Å². The number of morpholine rings is 1. The fourth-order valence-electron chi connectivity index (χ4n) is 4.37. The minimum absolute atomic E-state index is 0.182. The molecule has 5 heteroatoms. The highest BCUT2D eigenvalue weighted by molar-refractivity contribution is 7.12. The molecule has 1 saturated carbocycles. The Morgan fingerprint density at radius 3 is 2.91 bits per heavy atom. The molecule has 0 N–H and O–H groups in total. The normalized spacial score (nSPS) is 29.2. The molecule has 3 aliphatic rings. The number of amides is 1. The van der Waals surface area contributed by atoms with E-state index in [2.05, 4.69) is 10.3 Å². The number of hydrogen-bond acceptors (Lipinski definition) is 4. The van der Waals surface area contributed by atoms with E-state index in [1.807, 2.05) is 17.9 Å². The molecule has 4 nitrogen and oxygen atoms in total. The number of carbonyl (C=O) groups is 1. The Kier molecular flexibility index (Phi) is 4.43. The zero-order valence-electron chi connectivity index (χ0n) is 13.9. The van der Waals surface area contributed by atoms with Gasteiger partial charge in [-0.15, -0.1) is 11.3 Å². The average Bonchev–Trinajstić information content (AvgIpc) is 3.26. The van der Waals surface area contributed by atoms with Gasteiger partial charge in [-0.25, -0.2) is 0 Å². The summed E-state index contributed by atoms with van der Waals surface area (Å²) in [4.78, 5) is 18.2. The zero-order valence-corrected chi connectivity index (χ0v) is 14.7. The van der Waals surface area contributed by atoms with Gasteiger partial charge in [0, 0.05) is 26.2 Å². The van der Waals surface area contributed by atoms with Crippen LogP contribution in [0.5, 0.6) is 0 Å². The van der Waals surface area contributed by atoms with Crippen molar-refractivity contribution in [3.05, 3.63) is 21.9 Å². The molecule has 3 fully saturated rings. The molecule has 1 amide bonds. The van der Waals surface area contributed by atoms with E-state index in [0.29, 0.717) is 6.04 Å². The second-order valence-corrected chi connectivity index (χ2v) is 8.23. The molecular formula is C18H26N2O2S. The molecule has 2 saturated heterocycles. The van der Waals surface area contributed by atoms with Crippen LogP contribution in [0.15, 0.2) is 11.4 Å². The summed E-state index contributed by atoms with van der Waals surface area (Å²) in [6.45, 7) is 6.66. The number of nitrogens with zero attached hydrogens (tertiary/aromatic N) is 2. The molecule has 2 aliphatic heterocycles. The van der Waals surface area contributed by atoms with Crippen LogP contribution in [0.4, 0.5) is 0 Å². The van der Waals surface area contributed by atoms with Crippen molar-refractivity contribution in [2.75, 3.05) is 32.8 Å². The van der Waals surface area contributed by atoms with Gasteiger partial charge in [0.15, 0.2) is 0 Å². The van der Waals surface area contributed by atoms with Crippen LogP contribution in [0.1, 0.15) is 40.9 Å². The SMILES string of the molecule is Cc1csc(C(=O)N2C[C@@H]3OCCN(CC4CCCC4)[C@H]3C2)c1. The number of rotatable bonds is 3. The standard InChI is InChI=1S/C18H26N2O2S/c1-13-8-17(23-12-13)18(21)20-10-15-16(11-20)22-7-6-19(15)9-14-4-2-3-5-14/h8,12,14-16H,2-7,9-11H2,1H3/t15-,16-/m0/s1. The molecule has 1 aromatic rings. The maximum absolute atomic E-state index is 12.7. The van der Waals surface area contributed by atoms with Crippen LogP contribution in [0.25, 0.3) is 0 Å². The van der Waals surface area contributed by atoms with Gasteiger partial charge in [0.1, 0.15) is 0 Å². The number of likely N-dealkylation sites (tertiary alicyclic amines) is 1. The van der Waals surface area contributed by atoms with Gasteiger partial charge < -0.3 is 9.64 Å². The third kappa shape index (κ3) is 3.19. The lowest BCUT2D eigenvalue weighted by molar-refractivity contribution is -0.0516. The highest BCUT2D eigenvalue weighted by atomic mass is 32.1.